The largest absolute Gasteiger partial charge is 0.228 e. The van der Waals surface area contributed by atoms with E-state index in [4.69, 9.17) is 22.1 Å². The Bertz CT molecular complexity index is 2300. The Morgan fingerprint density at radius 2 is 1.10 bits per heavy atom. The van der Waals surface area contributed by atoms with E-state index in [2.05, 4.69) is 36.4 Å². The highest BCUT2D eigenvalue weighted by atomic mass is 14.9. The standard InChI is InChI=1S/C37H23N3/c38-24-25-14-16-26(17-15-25)27-18-20-28(21-19-27)30-22-23-33(32-11-5-4-10-31(30)32)37-39-35-13-7-6-12-34(35)36(40-37)29-8-2-1-3-9-29/h1-23H/i1D,2D,3D,8D,9D. The zero-order valence-corrected chi connectivity index (χ0v) is 21.2. The van der Waals surface area contributed by atoms with Gasteiger partial charge in [0.1, 0.15) is 0 Å². The van der Waals surface area contributed by atoms with Crippen LogP contribution < -0.4 is 0 Å². The van der Waals surface area contributed by atoms with Crippen LogP contribution in [0.5, 0.6) is 0 Å². The SMILES string of the molecule is [2H]c1c([2H])c([2H])c(-c2nc(-c3ccc(-c4ccc(-c5ccc(C#N)cc5)cc4)c4ccccc34)nc3ccccc23)c([2H])c1[2H]. The Hall–Kier alpha value is -5.59. The Morgan fingerprint density at radius 1 is 0.525 bits per heavy atom. The molecule has 7 aromatic rings. The van der Waals surface area contributed by atoms with Gasteiger partial charge in [0, 0.05) is 16.5 Å². The van der Waals surface area contributed by atoms with E-state index >= 15 is 0 Å². The van der Waals surface area contributed by atoms with E-state index in [1.165, 1.54) is 0 Å². The number of para-hydroxylation sites is 1. The first kappa shape index (κ1) is 18.6. The summed E-state index contributed by atoms with van der Waals surface area (Å²) in [4.78, 5) is 9.76. The number of benzene rings is 6. The van der Waals surface area contributed by atoms with Crippen molar-refractivity contribution in [3.8, 4) is 51.0 Å². The van der Waals surface area contributed by atoms with Gasteiger partial charge in [-0.25, -0.2) is 9.97 Å². The molecule has 0 aliphatic heterocycles. The fourth-order valence-corrected chi connectivity index (χ4v) is 5.08. The van der Waals surface area contributed by atoms with Crippen LogP contribution in [-0.2, 0) is 0 Å². The third-order valence-corrected chi connectivity index (χ3v) is 7.05. The number of fused-ring (bicyclic) bond motifs is 2. The topological polar surface area (TPSA) is 49.6 Å². The van der Waals surface area contributed by atoms with Crippen LogP contribution in [0, 0.1) is 11.3 Å². The van der Waals surface area contributed by atoms with Crippen LogP contribution in [-0.4, -0.2) is 9.97 Å². The molecule has 0 fully saturated rings. The predicted octanol–water partition coefficient (Wildman–Crippen LogP) is 9.32. The molecule has 0 atom stereocenters. The lowest BCUT2D eigenvalue weighted by atomic mass is 9.93. The van der Waals surface area contributed by atoms with Crippen LogP contribution in [0.1, 0.15) is 12.4 Å². The number of hydrogen-bond acceptors (Lipinski definition) is 3. The Morgan fingerprint density at radius 3 is 1.80 bits per heavy atom. The minimum Gasteiger partial charge on any atom is -0.228 e. The number of nitriles is 1. The molecule has 6 aromatic carbocycles. The number of nitrogens with zero attached hydrogens (tertiary/aromatic N) is 3. The van der Waals surface area contributed by atoms with Crippen LogP contribution >= 0.6 is 0 Å². The first-order valence-corrected chi connectivity index (χ1v) is 12.8. The molecule has 0 amide bonds. The van der Waals surface area contributed by atoms with Gasteiger partial charge in [0.25, 0.3) is 0 Å². The maximum Gasteiger partial charge on any atom is 0.161 e. The van der Waals surface area contributed by atoms with Crippen molar-refractivity contribution in [1.29, 1.82) is 5.26 Å². The summed E-state index contributed by atoms with van der Waals surface area (Å²) in [5.74, 6) is 0.398. The highest BCUT2D eigenvalue weighted by Crippen LogP contribution is 2.37. The van der Waals surface area contributed by atoms with Crippen molar-refractivity contribution in [2.75, 3.05) is 0 Å². The zero-order chi connectivity index (χ0) is 31.2. The molecule has 0 aliphatic rings. The third-order valence-electron chi connectivity index (χ3n) is 7.05. The smallest absolute Gasteiger partial charge is 0.161 e. The molecule has 0 N–H and O–H groups in total. The lowest BCUT2D eigenvalue weighted by molar-refractivity contribution is 1.23. The lowest BCUT2D eigenvalue weighted by Crippen LogP contribution is -1.96. The van der Waals surface area contributed by atoms with Crippen molar-refractivity contribution in [2.45, 2.75) is 0 Å². The molecule has 0 bridgehead atoms. The Kier molecular flexibility index (Phi) is 4.63. The van der Waals surface area contributed by atoms with E-state index < -0.39 is 18.1 Å². The van der Waals surface area contributed by atoms with Crippen LogP contribution in [0.2, 0.25) is 0 Å². The maximum absolute atomic E-state index is 9.11. The van der Waals surface area contributed by atoms with Crippen molar-refractivity contribution < 1.29 is 6.85 Å². The van der Waals surface area contributed by atoms with E-state index in [0.717, 1.165) is 38.6 Å². The average Bonchev–Trinajstić information content (AvgIpc) is 3.09. The quantitative estimate of drug-likeness (QED) is 0.235. The van der Waals surface area contributed by atoms with Crippen molar-refractivity contribution in [2.24, 2.45) is 0 Å². The van der Waals surface area contributed by atoms with Gasteiger partial charge in [-0.2, -0.15) is 5.26 Å². The van der Waals surface area contributed by atoms with Gasteiger partial charge in [0.15, 0.2) is 5.82 Å². The van der Waals surface area contributed by atoms with Gasteiger partial charge in [0.05, 0.1) is 29.7 Å². The fraction of sp³-hybridized carbons (Fsp3) is 0. The molecule has 1 heterocycles. The molecule has 0 saturated carbocycles. The molecular weight excluding hydrogens is 486 g/mol. The average molecular weight is 515 g/mol. The van der Waals surface area contributed by atoms with E-state index in [0.29, 0.717) is 28.0 Å². The number of hydrogen-bond donors (Lipinski definition) is 0. The summed E-state index contributed by atoms with van der Waals surface area (Å²) in [6.07, 6.45) is 0. The second kappa shape index (κ2) is 9.94. The van der Waals surface area contributed by atoms with Crippen molar-refractivity contribution in [3.63, 3.8) is 0 Å². The Balaban J connectivity index is 1.39. The highest BCUT2D eigenvalue weighted by Gasteiger charge is 2.15. The summed E-state index contributed by atoms with van der Waals surface area (Å²) < 4.78 is 41.8. The van der Waals surface area contributed by atoms with Crippen molar-refractivity contribution >= 4 is 21.7 Å². The molecular formula is C37H23N3. The summed E-state index contributed by atoms with van der Waals surface area (Å²) in [6.45, 7) is 0. The van der Waals surface area contributed by atoms with Gasteiger partial charge < -0.3 is 0 Å². The fourth-order valence-electron chi connectivity index (χ4n) is 5.08. The second-order valence-corrected chi connectivity index (χ2v) is 9.39. The van der Waals surface area contributed by atoms with E-state index in [1.807, 2.05) is 72.8 Å². The van der Waals surface area contributed by atoms with Crippen molar-refractivity contribution in [3.05, 3.63) is 145 Å². The molecule has 0 aliphatic carbocycles. The van der Waals surface area contributed by atoms with E-state index in [9.17, 15) is 0 Å². The zero-order valence-electron chi connectivity index (χ0n) is 26.2. The normalized spacial score (nSPS) is 12.7. The van der Waals surface area contributed by atoms with Crippen molar-refractivity contribution in [1.82, 2.24) is 9.97 Å². The minimum atomic E-state index is -0.446. The van der Waals surface area contributed by atoms with Gasteiger partial charge in [-0.3, -0.25) is 0 Å². The molecule has 3 heteroatoms. The van der Waals surface area contributed by atoms with Crippen LogP contribution in [0.15, 0.2) is 139 Å². The van der Waals surface area contributed by atoms with Gasteiger partial charge in [-0.05, 0) is 57.3 Å². The number of rotatable bonds is 4. The minimum absolute atomic E-state index is 0.0455. The molecule has 0 spiro atoms. The third kappa shape index (κ3) is 4.18. The van der Waals surface area contributed by atoms with Crippen LogP contribution in [0.4, 0.5) is 0 Å². The van der Waals surface area contributed by atoms with Gasteiger partial charge in [-0.1, -0.05) is 115 Å². The summed E-state index contributed by atoms with van der Waals surface area (Å²) >= 11 is 0. The van der Waals surface area contributed by atoms with Crippen LogP contribution in [0.3, 0.4) is 0 Å². The Labute approximate surface area is 239 Å². The predicted molar refractivity (Wildman–Crippen MR) is 164 cm³/mol. The molecule has 186 valence electrons. The molecule has 1 aromatic heterocycles. The summed E-state index contributed by atoms with van der Waals surface area (Å²) in [5, 5.41) is 11.6. The molecule has 0 unspecified atom stereocenters. The molecule has 40 heavy (non-hydrogen) atoms. The first-order valence-electron chi connectivity index (χ1n) is 15.3. The molecule has 0 radical (unpaired) electrons. The first-order chi connectivity index (χ1) is 21.9. The summed E-state index contributed by atoms with van der Waals surface area (Å²) in [5.41, 5.74) is 6.49. The second-order valence-electron chi connectivity index (χ2n) is 9.39. The molecule has 0 saturated heterocycles. The van der Waals surface area contributed by atoms with E-state index in [1.54, 1.807) is 6.07 Å². The van der Waals surface area contributed by atoms with Gasteiger partial charge in [-0.15, -0.1) is 0 Å². The molecule has 7 rings (SSSR count). The van der Waals surface area contributed by atoms with Gasteiger partial charge in [0.2, 0.25) is 0 Å². The van der Waals surface area contributed by atoms with E-state index in [-0.39, 0.29) is 17.6 Å². The monoisotopic (exact) mass is 514 g/mol. The maximum atomic E-state index is 9.11. The number of aromatic nitrogens is 2. The van der Waals surface area contributed by atoms with Crippen LogP contribution in [0.25, 0.3) is 66.6 Å². The highest BCUT2D eigenvalue weighted by molar-refractivity contribution is 6.05. The lowest BCUT2D eigenvalue weighted by Gasteiger charge is -2.14. The molecule has 3 nitrogen and oxygen atoms in total. The van der Waals surface area contributed by atoms with Gasteiger partial charge >= 0.3 is 0 Å². The summed E-state index contributed by atoms with van der Waals surface area (Å²) in [7, 11) is 0. The summed E-state index contributed by atoms with van der Waals surface area (Å²) in [6, 6.07) is 35.4.